The van der Waals surface area contributed by atoms with Gasteiger partial charge in [-0.3, -0.25) is 19.2 Å². The molecule has 3 rings (SSSR count). The fraction of sp³-hybridized carbons (Fsp3) is 0.474. The Morgan fingerprint density at radius 2 is 2.04 bits per heavy atom. The number of carbonyl (C=O) groups excluding carboxylic acids is 4. The summed E-state index contributed by atoms with van der Waals surface area (Å²) in [7, 11) is 0. The van der Waals surface area contributed by atoms with Crippen molar-refractivity contribution in [2.75, 3.05) is 36.9 Å². The lowest BCUT2D eigenvalue weighted by molar-refractivity contribution is -0.153. The summed E-state index contributed by atoms with van der Waals surface area (Å²) in [6.07, 6.45) is 1.37. The highest BCUT2D eigenvalue weighted by Gasteiger charge is 2.28. The van der Waals surface area contributed by atoms with Gasteiger partial charge in [0.2, 0.25) is 11.8 Å². The van der Waals surface area contributed by atoms with Crippen molar-refractivity contribution in [1.29, 1.82) is 0 Å². The van der Waals surface area contributed by atoms with E-state index in [1.807, 2.05) is 24.3 Å². The first kappa shape index (κ1) is 20.2. The summed E-state index contributed by atoms with van der Waals surface area (Å²) < 4.78 is 5.08. The van der Waals surface area contributed by atoms with Crippen LogP contribution in [0, 0.1) is 5.92 Å². The van der Waals surface area contributed by atoms with Crippen molar-refractivity contribution in [3.63, 3.8) is 0 Å². The smallest absolute Gasteiger partial charge is 0.308 e. The Balaban J connectivity index is 1.47. The molecule has 8 nitrogen and oxygen atoms in total. The number of thioether (sulfide) groups is 1. The quantitative estimate of drug-likeness (QED) is 0.701. The van der Waals surface area contributed by atoms with Crippen LogP contribution in [-0.4, -0.2) is 60.6 Å². The van der Waals surface area contributed by atoms with Gasteiger partial charge in [-0.05, 0) is 25.0 Å². The second-order valence-electron chi connectivity index (χ2n) is 6.79. The lowest BCUT2D eigenvalue weighted by Gasteiger charge is -2.31. The van der Waals surface area contributed by atoms with E-state index in [-0.39, 0.29) is 43.8 Å². The number of nitrogens with two attached hydrogens (primary N) is 1. The number of likely N-dealkylation sites (tertiary alicyclic amines) is 1. The molecular weight excluding hydrogens is 382 g/mol. The molecule has 3 amide bonds. The molecule has 9 heteroatoms. The number of rotatable bonds is 6. The van der Waals surface area contributed by atoms with E-state index in [2.05, 4.69) is 0 Å². The molecule has 0 aliphatic carbocycles. The molecule has 0 saturated carbocycles. The van der Waals surface area contributed by atoms with Crippen LogP contribution in [0.25, 0.3) is 0 Å². The summed E-state index contributed by atoms with van der Waals surface area (Å²) >= 11 is 1.48. The third kappa shape index (κ3) is 4.83. The van der Waals surface area contributed by atoms with Crippen LogP contribution in [0.3, 0.4) is 0 Å². The number of hydrogen-bond acceptors (Lipinski definition) is 6. The number of nitrogens with zero attached hydrogens (tertiary/aromatic N) is 2. The fourth-order valence-corrected chi connectivity index (χ4v) is 4.28. The molecule has 1 saturated heterocycles. The summed E-state index contributed by atoms with van der Waals surface area (Å²) in [6, 6.07) is 7.54. The van der Waals surface area contributed by atoms with Gasteiger partial charge >= 0.3 is 5.97 Å². The number of benzene rings is 1. The number of esters is 1. The largest absolute Gasteiger partial charge is 0.456 e. The van der Waals surface area contributed by atoms with Crippen molar-refractivity contribution < 1.29 is 23.9 Å². The number of para-hydroxylation sites is 1. The molecule has 1 aromatic carbocycles. The van der Waals surface area contributed by atoms with E-state index in [0.717, 1.165) is 10.6 Å². The lowest BCUT2D eigenvalue weighted by Crippen LogP contribution is -2.45. The molecule has 0 aromatic heterocycles. The number of primary amides is 1. The Bertz CT molecular complexity index is 785. The topological polar surface area (TPSA) is 110 Å². The van der Waals surface area contributed by atoms with Crippen LogP contribution in [0.1, 0.15) is 19.3 Å². The Hall–Kier alpha value is -2.55. The Morgan fingerprint density at radius 3 is 2.82 bits per heavy atom. The van der Waals surface area contributed by atoms with E-state index >= 15 is 0 Å². The molecule has 2 aliphatic heterocycles. The van der Waals surface area contributed by atoms with Gasteiger partial charge in [0.15, 0.2) is 6.61 Å². The molecule has 1 fully saturated rings. The van der Waals surface area contributed by atoms with E-state index in [4.69, 9.17) is 10.5 Å². The van der Waals surface area contributed by atoms with Gasteiger partial charge in [0.05, 0.1) is 23.8 Å². The number of anilines is 1. The maximum absolute atomic E-state index is 12.2. The molecular formula is C19H23N3O5S. The van der Waals surface area contributed by atoms with Gasteiger partial charge in [-0.25, -0.2) is 0 Å². The number of fused-ring (bicyclic) bond motifs is 1. The van der Waals surface area contributed by atoms with Crippen LogP contribution in [-0.2, 0) is 23.9 Å². The monoisotopic (exact) mass is 405 g/mol. The predicted molar refractivity (Wildman–Crippen MR) is 104 cm³/mol. The standard InChI is InChI=1S/C19H23N3O5S/c20-19(26)13-4-3-8-21(10-13)16(23)11-27-18(25)7-9-22-14-5-1-2-6-15(14)28-12-17(22)24/h1-2,5-6,13H,3-4,7-12H2,(H2,20,26)/t13-/m1/s1. The van der Waals surface area contributed by atoms with E-state index in [1.165, 1.54) is 16.7 Å². The highest BCUT2D eigenvalue weighted by Crippen LogP contribution is 2.34. The molecule has 2 heterocycles. The summed E-state index contributed by atoms with van der Waals surface area (Å²) in [5, 5.41) is 0. The third-order valence-corrected chi connectivity index (χ3v) is 5.93. The van der Waals surface area contributed by atoms with Crippen LogP contribution in [0.4, 0.5) is 5.69 Å². The van der Waals surface area contributed by atoms with Crippen LogP contribution in [0.5, 0.6) is 0 Å². The molecule has 0 unspecified atom stereocenters. The van der Waals surface area contributed by atoms with Crippen molar-refractivity contribution in [3.8, 4) is 0 Å². The van der Waals surface area contributed by atoms with E-state index in [9.17, 15) is 19.2 Å². The van der Waals surface area contributed by atoms with Gasteiger partial charge in [-0.15, -0.1) is 11.8 Å². The Labute approximate surface area is 167 Å². The number of piperidine rings is 1. The van der Waals surface area contributed by atoms with Gasteiger partial charge in [0, 0.05) is 24.5 Å². The van der Waals surface area contributed by atoms with Gasteiger partial charge in [0.1, 0.15) is 0 Å². The second kappa shape index (κ2) is 9.09. The zero-order valence-corrected chi connectivity index (χ0v) is 16.3. The van der Waals surface area contributed by atoms with Crippen molar-refractivity contribution in [2.45, 2.75) is 24.2 Å². The SMILES string of the molecule is NC(=O)[C@@H]1CCCN(C(=O)COC(=O)CCN2C(=O)CSc3ccccc32)C1. The van der Waals surface area contributed by atoms with Crippen molar-refractivity contribution in [3.05, 3.63) is 24.3 Å². The van der Waals surface area contributed by atoms with Crippen LogP contribution in [0.2, 0.25) is 0 Å². The molecule has 28 heavy (non-hydrogen) atoms. The van der Waals surface area contributed by atoms with E-state index < -0.39 is 11.9 Å². The van der Waals surface area contributed by atoms with Gasteiger partial charge in [0.25, 0.3) is 5.91 Å². The summed E-state index contributed by atoms with van der Waals surface area (Å²) in [5.74, 6) is -1.37. The Kier molecular flexibility index (Phi) is 6.56. The molecule has 0 radical (unpaired) electrons. The van der Waals surface area contributed by atoms with Crippen molar-refractivity contribution in [1.82, 2.24) is 4.90 Å². The fourth-order valence-electron chi connectivity index (χ4n) is 3.34. The highest BCUT2D eigenvalue weighted by atomic mass is 32.2. The maximum atomic E-state index is 12.2. The zero-order chi connectivity index (χ0) is 20.1. The molecule has 2 N–H and O–H groups in total. The van der Waals surface area contributed by atoms with E-state index in [0.29, 0.717) is 25.1 Å². The summed E-state index contributed by atoms with van der Waals surface area (Å²) in [4.78, 5) is 51.8. The third-order valence-electron chi connectivity index (χ3n) is 4.88. The number of ether oxygens (including phenoxy) is 1. The minimum atomic E-state index is -0.541. The Morgan fingerprint density at radius 1 is 1.25 bits per heavy atom. The molecule has 0 spiro atoms. The van der Waals surface area contributed by atoms with Gasteiger partial charge in [-0.2, -0.15) is 0 Å². The summed E-state index contributed by atoms with van der Waals surface area (Å²) in [6.45, 7) is 0.626. The second-order valence-corrected chi connectivity index (χ2v) is 7.81. The van der Waals surface area contributed by atoms with Crippen LogP contribution >= 0.6 is 11.8 Å². The average molecular weight is 405 g/mol. The van der Waals surface area contributed by atoms with Gasteiger partial charge in [-0.1, -0.05) is 12.1 Å². The molecule has 1 atom stereocenters. The van der Waals surface area contributed by atoms with Gasteiger partial charge < -0.3 is 20.3 Å². The maximum Gasteiger partial charge on any atom is 0.308 e. The van der Waals surface area contributed by atoms with Crippen molar-refractivity contribution >= 4 is 41.1 Å². The van der Waals surface area contributed by atoms with Crippen LogP contribution < -0.4 is 10.6 Å². The van der Waals surface area contributed by atoms with E-state index in [1.54, 1.807) is 4.90 Å². The van der Waals surface area contributed by atoms with Crippen molar-refractivity contribution in [2.24, 2.45) is 11.7 Å². The first-order valence-corrected chi connectivity index (χ1v) is 10.2. The number of amides is 3. The average Bonchev–Trinajstić information content (AvgIpc) is 2.71. The predicted octanol–water partition coefficient (Wildman–Crippen LogP) is 0.783. The van der Waals surface area contributed by atoms with Crippen LogP contribution in [0.15, 0.2) is 29.2 Å². The number of hydrogen-bond donors (Lipinski definition) is 1. The lowest BCUT2D eigenvalue weighted by atomic mass is 9.97. The molecule has 1 aromatic rings. The first-order chi connectivity index (χ1) is 13.5. The highest BCUT2D eigenvalue weighted by molar-refractivity contribution is 8.00. The summed E-state index contributed by atoms with van der Waals surface area (Å²) in [5.41, 5.74) is 6.10. The normalized spacial score (nSPS) is 19.1. The molecule has 0 bridgehead atoms. The minimum absolute atomic E-state index is 0.00192. The first-order valence-electron chi connectivity index (χ1n) is 9.20. The number of carbonyl (C=O) groups is 4. The minimum Gasteiger partial charge on any atom is -0.456 e. The molecule has 2 aliphatic rings. The zero-order valence-electron chi connectivity index (χ0n) is 15.5. The molecule has 150 valence electrons.